The molecule has 0 aliphatic carbocycles. The Morgan fingerprint density at radius 2 is 1.81 bits per heavy atom. The number of rotatable bonds is 8. The van der Waals surface area contributed by atoms with Crippen LogP contribution in [0.3, 0.4) is 0 Å². The van der Waals surface area contributed by atoms with E-state index in [0.717, 1.165) is 5.56 Å². The molecule has 0 spiro atoms. The van der Waals surface area contributed by atoms with Gasteiger partial charge in [-0.1, -0.05) is 18.2 Å². The first kappa shape index (κ1) is 20.4. The minimum absolute atomic E-state index is 0.0342. The van der Waals surface area contributed by atoms with Crippen molar-refractivity contribution in [3.05, 3.63) is 59.7 Å². The summed E-state index contributed by atoms with van der Waals surface area (Å²) in [6, 6.07) is 12.5. The first-order chi connectivity index (χ1) is 12.9. The molecule has 9 heteroatoms. The van der Waals surface area contributed by atoms with Gasteiger partial charge in [0.05, 0.1) is 17.6 Å². The number of nitrogens with one attached hydrogen (secondary N) is 2. The number of hydrogen-bond donors (Lipinski definition) is 2. The molecule has 0 radical (unpaired) electrons. The summed E-state index contributed by atoms with van der Waals surface area (Å²) in [5.41, 5.74) is 0.867. The molecule has 2 N–H and O–H groups in total. The van der Waals surface area contributed by atoms with Crippen LogP contribution in [0.5, 0.6) is 5.75 Å². The Bertz CT molecular complexity index is 927. The molecule has 2 rings (SSSR count). The van der Waals surface area contributed by atoms with Gasteiger partial charge < -0.3 is 14.8 Å². The predicted octanol–water partition coefficient (Wildman–Crippen LogP) is 1.08. The monoisotopic (exact) mass is 392 g/mol. The van der Waals surface area contributed by atoms with Crippen molar-refractivity contribution >= 4 is 21.9 Å². The van der Waals surface area contributed by atoms with Gasteiger partial charge in [0.25, 0.3) is 5.91 Å². The molecule has 2 aromatic carbocycles. The van der Waals surface area contributed by atoms with Crippen LogP contribution in [0.4, 0.5) is 0 Å². The van der Waals surface area contributed by atoms with Gasteiger partial charge >= 0.3 is 5.97 Å². The second kappa shape index (κ2) is 9.15. The molecule has 0 unspecified atom stereocenters. The Hall–Kier alpha value is -2.91. The van der Waals surface area contributed by atoms with Crippen LogP contribution < -0.4 is 14.8 Å². The third kappa shape index (κ3) is 5.80. The second-order valence-corrected chi connectivity index (χ2v) is 7.33. The molecular weight excluding hydrogens is 372 g/mol. The molecule has 0 aliphatic rings. The lowest BCUT2D eigenvalue weighted by molar-refractivity contribution is -0.124. The summed E-state index contributed by atoms with van der Waals surface area (Å²) in [7, 11) is -0.857. The Balaban J connectivity index is 1.89. The zero-order valence-electron chi connectivity index (χ0n) is 14.9. The van der Waals surface area contributed by atoms with E-state index < -0.39 is 28.5 Å². The maximum Gasteiger partial charge on any atom is 0.338 e. The first-order valence-corrected chi connectivity index (χ1v) is 9.44. The highest BCUT2D eigenvalue weighted by Crippen LogP contribution is 2.13. The van der Waals surface area contributed by atoms with Crippen molar-refractivity contribution in [2.75, 3.05) is 20.8 Å². The minimum Gasteiger partial charge on any atom is -0.497 e. The second-order valence-electron chi connectivity index (χ2n) is 5.44. The third-order valence-electron chi connectivity index (χ3n) is 3.61. The largest absolute Gasteiger partial charge is 0.497 e. The maximum atomic E-state index is 12.0. The molecular formula is C18H20N2O6S. The zero-order valence-corrected chi connectivity index (χ0v) is 15.7. The van der Waals surface area contributed by atoms with Crippen molar-refractivity contribution in [3.63, 3.8) is 0 Å². The molecule has 144 valence electrons. The molecule has 0 heterocycles. The predicted molar refractivity (Wildman–Crippen MR) is 97.8 cm³/mol. The van der Waals surface area contributed by atoms with Gasteiger partial charge in [-0.25, -0.2) is 17.9 Å². The molecule has 0 saturated carbocycles. The van der Waals surface area contributed by atoms with E-state index in [-0.39, 0.29) is 17.0 Å². The molecule has 1 amide bonds. The summed E-state index contributed by atoms with van der Waals surface area (Å²) in [5, 5.41) is 2.62. The summed E-state index contributed by atoms with van der Waals surface area (Å²) >= 11 is 0. The van der Waals surface area contributed by atoms with Crippen molar-refractivity contribution < 1.29 is 27.5 Å². The van der Waals surface area contributed by atoms with Gasteiger partial charge in [0.2, 0.25) is 10.0 Å². The number of ether oxygens (including phenoxy) is 2. The van der Waals surface area contributed by atoms with Crippen LogP contribution in [0.2, 0.25) is 0 Å². The van der Waals surface area contributed by atoms with Gasteiger partial charge in [-0.15, -0.1) is 0 Å². The van der Waals surface area contributed by atoms with E-state index in [1.807, 2.05) is 6.07 Å². The average molecular weight is 392 g/mol. The van der Waals surface area contributed by atoms with E-state index in [1.165, 1.54) is 31.3 Å². The van der Waals surface area contributed by atoms with Gasteiger partial charge in [-0.05, 0) is 42.9 Å². The van der Waals surface area contributed by atoms with E-state index in [9.17, 15) is 18.0 Å². The van der Waals surface area contributed by atoms with Crippen LogP contribution >= 0.6 is 0 Å². The molecule has 0 atom stereocenters. The third-order valence-corrected chi connectivity index (χ3v) is 5.02. The summed E-state index contributed by atoms with van der Waals surface area (Å²) in [6.45, 7) is -0.227. The van der Waals surface area contributed by atoms with Crippen LogP contribution in [0.15, 0.2) is 53.4 Å². The first-order valence-electron chi connectivity index (χ1n) is 7.96. The fraction of sp³-hybridized carbons (Fsp3) is 0.222. The van der Waals surface area contributed by atoms with Crippen molar-refractivity contribution in [1.29, 1.82) is 0 Å². The lowest BCUT2D eigenvalue weighted by Gasteiger charge is -2.08. The quantitative estimate of drug-likeness (QED) is 0.651. The van der Waals surface area contributed by atoms with Crippen LogP contribution in [0.1, 0.15) is 15.9 Å². The van der Waals surface area contributed by atoms with E-state index >= 15 is 0 Å². The fourth-order valence-corrected chi connectivity index (χ4v) is 2.93. The van der Waals surface area contributed by atoms with E-state index in [2.05, 4.69) is 10.0 Å². The van der Waals surface area contributed by atoms with Crippen molar-refractivity contribution in [3.8, 4) is 5.75 Å². The van der Waals surface area contributed by atoms with Crippen LogP contribution in [-0.2, 0) is 26.1 Å². The highest BCUT2D eigenvalue weighted by molar-refractivity contribution is 7.89. The minimum atomic E-state index is -3.68. The summed E-state index contributed by atoms with van der Waals surface area (Å²) in [6.07, 6.45) is 0. The number of esters is 1. The standard InChI is InChI=1S/C18H20N2O6S/c1-19-27(23,24)16-8-4-6-14(10-16)18(22)26-12-17(21)20-11-13-5-3-7-15(9-13)25-2/h3-10,19H,11-12H2,1-2H3,(H,20,21). The number of carbonyl (C=O) groups is 2. The SMILES string of the molecule is CNS(=O)(=O)c1cccc(C(=O)OCC(=O)NCc2cccc(OC)c2)c1. The molecule has 2 aromatic rings. The lowest BCUT2D eigenvalue weighted by atomic mass is 10.2. The average Bonchev–Trinajstić information content (AvgIpc) is 2.70. The smallest absolute Gasteiger partial charge is 0.338 e. The summed E-state index contributed by atoms with van der Waals surface area (Å²) in [4.78, 5) is 23.8. The van der Waals surface area contributed by atoms with Crippen molar-refractivity contribution in [1.82, 2.24) is 10.0 Å². The van der Waals surface area contributed by atoms with Crippen LogP contribution in [0, 0.1) is 0 Å². The Morgan fingerprint density at radius 3 is 2.52 bits per heavy atom. The summed E-state index contributed by atoms with van der Waals surface area (Å²) < 4.78 is 35.7. The Morgan fingerprint density at radius 1 is 1.07 bits per heavy atom. The highest BCUT2D eigenvalue weighted by atomic mass is 32.2. The molecule has 0 bridgehead atoms. The number of carbonyl (C=O) groups excluding carboxylic acids is 2. The number of hydrogen-bond acceptors (Lipinski definition) is 6. The molecule has 0 aromatic heterocycles. The fourth-order valence-electron chi connectivity index (χ4n) is 2.16. The molecule has 0 aliphatic heterocycles. The number of methoxy groups -OCH3 is 1. The van der Waals surface area contributed by atoms with E-state index in [4.69, 9.17) is 9.47 Å². The Kier molecular flexibility index (Phi) is 6.91. The molecule has 0 fully saturated rings. The molecule has 8 nitrogen and oxygen atoms in total. The number of sulfonamides is 1. The number of amides is 1. The van der Waals surface area contributed by atoms with Gasteiger partial charge in [0, 0.05) is 6.54 Å². The molecule has 27 heavy (non-hydrogen) atoms. The zero-order chi connectivity index (χ0) is 19.9. The molecule has 0 saturated heterocycles. The topological polar surface area (TPSA) is 111 Å². The van der Waals surface area contributed by atoms with Crippen LogP contribution in [0.25, 0.3) is 0 Å². The van der Waals surface area contributed by atoms with E-state index in [0.29, 0.717) is 5.75 Å². The maximum absolute atomic E-state index is 12.0. The lowest BCUT2D eigenvalue weighted by Crippen LogP contribution is -2.28. The van der Waals surface area contributed by atoms with Crippen molar-refractivity contribution in [2.24, 2.45) is 0 Å². The van der Waals surface area contributed by atoms with Gasteiger partial charge in [-0.2, -0.15) is 0 Å². The van der Waals surface area contributed by atoms with E-state index in [1.54, 1.807) is 25.3 Å². The normalized spacial score (nSPS) is 10.9. The summed E-state index contributed by atoms with van der Waals surface area (Å²) in [5.74, 6) is -0.602. The van der Waals surface area contributed by atoms with Crippen LogP contribution in [-0.4, -0.2) is 41.1 Å². The van der Waals surface area contributed by atoms with Crippen molar-refractivity contribution in [2.45, 2.75) is 11.4 Å². The number of benzene rings is 2. The van der Waals surface area contributed by atoms with Gasteiger partial charge in [0.15, 0.2) is 6.61 Å². The van der Waals surface area contributed by atoms with Gasteiger partial charge in [-0.3, -0.25) is 4.79 Å². The Labute approximate surface area is 157 Å². The van der Waals surface area contributed by atoms with Gasteiger partial charge in [0.1, 0.15) is 5.75 Å². The highest BCUT2D eigenvalue weighted by Gasteiger charge is 2.16.